The van der Waals surface area contributed by atoms with Gasteiger partial charge in [-0.05, 0) is 44.3 Å². The predicted molar refractivity (Wildman–Crippen MR) is 76.3 cm³/mol. The van der Waals surface area contributed by atoms with Crippen molar-refractivity contribution < 1.29 is 9.59 Å². The number of hydrogen-bond acceptors (Lipinski definition) is 4. The van der Waals surface area contributed by atoms with Crippen molar-refractivity contribution >= 4 is 12.8 Å². The van der Waals surface area contributed by atoms with Crippen LogP contribution in [0.2, 0.25) is 0 Å². The maximum absolute atomic E-state index is 10.6. The van der Waals surface area contributed by atoms with Gasteiger partial charge in [-0.15, -0.1) is 0 Å². The zero-order chi connectivity index (χ0) is 14.2. The van der Waals surface area contributed by atoms with Crippen LogP contribution in [-0.4, -0.2) is 43.9 Å². The average Bonchev–Trinajstić information content (AvgIpc) is 2.47. The number of amides is 2. The van der Waals surface area contributed by atoms with Gasteiger partial charge < -0.3 is 20.9 Å². The second kappa shape index (κ2) is 7.69. The summed E-state index contributed by atoms with van der Waals surface area (Å²) < 4.78 is 0. The number of hydrogen-bond donors (Lipinski definition) is 3. The molecule has 0 aromatic heterocycles. The molecule has 0 atom stereocenters. The van der Waals surface area contributed by atoms with E-state index >= 15 is 0 Å². The number of rotatable bonds is 7. The van der Waals surface area contributed by atoms with E-state index in [0.29, 0.717) is 25.1 Å². The van der Waals surface area contributed by atoms with Gasteiger partial charge in [0.05, 0.1) is 12.2 Å². The molecule has 20 heavy (non-hydrogen) atoms. The first-order valence-corrected chi connectivity index (χ1v) is 7.09. The molecule has 0 spiro atoms. The standard InChI is InChI=1S/C14H22N4O2/c19-10-16-13-7-14(17-11-20)9-18(8-13)6-3-12-1-4-15-5-2-12/h7-8,10-12,15H,1-6,9H2,(H,16,19)(H,17,20). The monoisotopic (exact) mass is 278 g/mol. The number of nitrogens with one attached hydrogen (secondary N) is 3. The molecule has 2 aliphatic heterocycles. The summed E-state index contributed by atoms with van der Waals surface area (Å²) in [6, 6.07) is 0. The first kappa shape index (κ1) is 14.6. The van der Waals surface area contributed by atoms with Gasteiger partial charge in [0.2, 0.25) is 12.8 Å². The second-order valence-corrected chi connectivity index (χ2v) is 5.23. The van der Waals surface area contributed by atoms with Crippen LogP contribution in [0.3, 0.4) is 0 Å². The van der Waals surface area contributed by atoms with Crippen LogP contribution < -0.4 is 16.0 Å². The van der Waals surface area contributed by atoms with E-state index in [1.165, 1.54) is 12.8 Å². The summed E-state index contributed by atoms with van der Waals surface area (Å²) >= 11 is 0. The molecule has 1 saturated heterocycles. The molecule has 110 valence electrons. The van der Waals surface area contributed by atoms with Crippen molar-refractivity contribution in [2.24, 2.45) is 5.92 Å². The van der Waals surface area contributed by atoms with Crippen LogP contribution in [0.4, 0.5) is 0 Å². The Balaban J connectivity index is 1.88. The van der Waals surface area contributed by atoms with Gasteiger partial charge in [-0.25, -0.2) is 0 Å². The minimum atomic E-state index is 0.650. The van der Waals surface area contributed by atoms with Crippen LogP contribution in [0.25, 0.3) is 0 Å². The molecule has 2 rings (SSSR count). The van der Waals surface area contributed by atoms with Crippen molar-refractivity contribution in [3.63, 3.8) is 0 Å². The van der Waals surface area contributed by atoms with E-state index in [1.54, 1.807) is 6.08 Å². The lowest BCUT2D eigenvalue weighted by Gasteiger charge is -2.29. The molecule has 0 bridgehead atoms. The first-order chi connectivity index (χ1) is 9.81. The summed E-state index contributed by atoms with van der Waals surface area (Å²) in [5.41, 5.74) is 1.51. The Morgan fingerprint density at radius 3 is 2.70 bits per heavy atom. The van der Waals surface area contributed by atoms with Gasteiger partial charge >= 0.3 is 0 Å². The Bertz CT molecular complexity index is 400. The zero-order valence-electron chi connectivity index (χ0n) is 11.6. The van der Waals surface area contributed by atoms with Gasteiger partial charge in [-0.2, -0.15) is 0 Å². The van der Waals surface area contributed by atoms with Crippen molar-refractivity contribution in [1.29, 1.82) is 0 Å². The fraction of sp³-hybridized carbons (Fsp3) is 0.571. The summed E-state index contributed by atoms with van der Waals surface area (Å²) in [6.07, 6.45) is 8.63. The van der Waals surface area contributed by atoms with E-state index in [0.717, 1.165) is 37.7 Å². The molecule has 0 aliphatic carbocycles. The zero-order valence-corrected chi connectivity index (χ0v) is 11.6. The van der Waals surface area contributed by atoms with Crippen LogP contribution in [0.15, 0.2) is 23.7 Å². The second-order valence-electron chi connectivity index (χ2n) is 5.23. The number of piperidine rings is 1. The Kier molecular flexibility index (Phi) is 5.61. The van der Waals surface area contributed by atoms with Crippen LogP contribution in [-0.2, 0) is 9.59 Å². The Labute approximate surface area is 119 Å². The van der Waals surface area contributed by atoms with Gasteiger partial charge in [-0.3, -0.25) is 9.59 Å². The minimum absolute atomic E-state index is 0.650. The maximum atomic E-state index is 10.6. The molecule has 0 saturated carbocycles. The normalized spacial score (nSPS) is 19.9. The smallest absolute Gasteiger partial charge is 0.211 e. The highest BCUT2D eigenvalue weighted by Crippen LogP contribution is 2.18. The summed E-state index contributed by atoms with van der Waals surface area (Å²) in [5.74, 6) is 0.764. The highest BCUT2D eigenvalue weighted by atomic mass is 16.1. The van der Waals surface area contributed by atoms with Gasteiger partial charge in [0, 0.05) is 18.4 Å². The lowest BCUT2D eigenvalue weighted by molar-refractivity contribution is -0.109. The van der Waals surface area contributed by atoms with Crippen molar-refractivity contribution in [2.75, 3.05) is 26.2 Å². The lowest BCUT2D eigenvalue weighted by Crippen LogP contribution is -2.34. The molecule has 6 nitrogen and oxygen atoms in total. The molecule has 2 heterocycles. The topological polar surface area (TPSA) is 73.5 Å². The van der Waals surface area contributed by atoms with Crippen molar-refractivity contribution in [2.45, 2.75) is 19.3 Å². The summed E-state index contributed by atoms with van der Waals surface area (Å²) in [4.78, 5) is 23.3. The Hall–Kier alpha value is -1.82. The Morgan fingerprint density at radius 2 is 2.00 bits per heavy atom. The molecule has 0 radical (unpaired) electrons. The van der Waals surface area contributed by atoms with E-state index in [4.69, 9.17) is 0 Å². The first-order valence-electron chi connectivity index (χ1n) is 7.09. The SMILES string of the molecule is O=CNC1=CN(CCC2CCNCC2)CC(NC=O)=C1. The van der Waals surface area contributed by atoms with Crippen LogP contribution >= 0.6 is 0 Å². The number of carbonyl (C=O) groups is 2. The molecular weight excluding hydrogens is 256 g/mol. The Morgan fingerprint density at radius 1 is 1.25 bits per heavy atom. The van der Waals surface area contributed by atoms with E-state index in [2.05, 4.69) is 20.9 Å². The molecule has 6 heteroatoms. The van der Waals surface area contributed by atoms with E-state index in [1.807, 2.05) is 6.20 Å². The van der Waals surface area contributed by atoms with Gasteiger partial charge in [0.15, 0.2) is 0 Å². The van der Waals surface area contributed by atoms with Crippen molar-refractivity contribution in [1.82, 2.24) is 20.9 Å². The number of nitrogens with zero attached hydrogens (tertiary/aromatic N) is 1. The van der Waals surface area contributed by atoms with Crippen LogP contribution in [0.1, 0.15) is 19.3 Å². The molecule has 1 fully saturated rings. The molecule has 2 amide bonds. The maximum Gasteiger partial charge on any atom is 0.211 e. The van der Waals surface area contributed by atoms with E-state index < -0.39 is 0 Å². The molecule has 0 aromatic rings. The third kappa shape index (κ3) is 4.38. The van der Waals surface area contributed by atoms with Crippen molar-refractivity contribution in [3.8, 4) is 0 Å². The third-order valence-electron chi connectivity index (χ3n) is 3.78. The molecule has 0 unspecified atom stereocenters. The van der Waals surface area contributed by atoms with Gasteiger partial charge in [-0.1, -0.05) is 0 Å². The molecule has 3 N–H and O–H groups in total. The molecule has 2 aliphatic rings. The van der Waals surface area contributed by atoms with Crippen LogP contribution in [0.5, 0.6) is 0 Å². The number of carbonyl (C=O) groups excluding carboxylic acids is 2. The summed E-state index contributed by atoms with van der Waals surface area (Å²) in [7, 11) is 0. The largest absolute Gasteiger partial charge is 0.370 e. The summed E-state index contributed by atoms with van der Waals surface area (Å²) in [6.45, 7) is 3.83. The molecule has 0 aromatic carbocycles. The third-order valence-corrected chi connectivity index (χ3v) is 3.78. The average molecular weight is 278 g/mol. The van der Waals surface area contributed by atoms with Gasteiger partial charge in [0.1, 0.15) is 0 Å². The molecular formula is C14H22N4O2. The summed E-state index contributed by atoms with van der Waals surface area (Å²) in [5, 5.41) is 8.68. The van der Waals surface area contributed by atoms with Gasteiger partial charge in [0.25, 0.3) is 0 Å². The van der Waals surface area contributed by atoms with Crippen molar-refractivity contribution in [3.05, 3.63) is 23.7 Å². The fourth-order valence-corrected chi connectivity index (χ4v) is 2.70. The van der Waals surface area contributed by atoms with E-state index in [9.17, 15) is 9.59 Å². The van der Waals surface area contributed by atoms with Crippen LogP contribution in [0, 0.1) is 5.92 Å². The highest BCUT2D eigenvalue weighted by molar-refractivity contribution is 5.55. The predicted octanol–water partition coefficient (Wildman–Crippen LogP) is -0.0910. The number of allylic oxidation sites excluding steroid dienone is 1. The lowest BCUT2D eigenvalue weighted by atomic mass is 9.94. The minimum Gasteiger partial charge on any atom is -0.370 e. The highest BCUT2D eigenvalue weighted by Gasteiger charge is 2.16. The quantitative estimate of drug-likeness (QED) is 0.569. The fourth-order valence-electron chi connectivity index (χ4n) is 2.70. The van der Waals surface area contributed by atoms with E-state index in [-0.39, 0.29) is 0 Å².